The summed E-state index contributed by atoms with van der Waals surface area (Å²) in [4.78, 5) is 22.5. The highest BCUT2D eigenvalue weighted by molar-refractivity contribution is 5.77. The molecule has 0 aromatic heterocycles. The van der Waals surface area contributed by atoms with E-state index in [1.165, 1.54) is 11.1 Å². The molecule has 1 amide bonds. The summed E-state index contributed by atoms with van der Waals surface area (Å²) in [5, 5.41) is 11.7. The third kappa shape index (κ3) is 3.56. The van der Waals surface area contributed by atoms with Crippen molar-refractivity contribution in [2.24, 2.45) is 5.92 Å². The van der Waals surface area contributed by atoms with Gasteiger partial charge >= 0.3 is 5.97 Å². The smallest absolute Gasteiger partial charge is 0.303 e. The predicted molar refractivity (Wildman–Crippen MR) is 71.7 cm³/mol. The van der Waals surface area contributed by atoms with E-state index in [0.29, 0.717) is 0 Å². The zero-order chi connectivity index (χ0) is 13.8. The number of hydrogen-bond donors (Lipinski definition) is 2. The van der Waals surface area contributed by atoms with Crippen LogP contribution < -0.4 is 5.32 Å². The Morgan fingerprint density at radius 2 is 2.11 bits per heavy atom. The molecule has 4 heteroatoms. The largest absolute Gasteiger partial charge is 0.481 e. The van der Waals surface area contributed by atoms with Crippen LogP contribution in [-0.2, 0) is 16.0 Å². The minimum Gasteiger partial charge on any atom is -0.481 e. The number of benzene rings is 1. The van der Waals surface area contributed by atoms with Crippen molar-refractivity contribution < 1.29 is 14.7 Å². The Hall–Kier alpha value is -1.84. The monoisotopic (exact) mass is 261 g/mol. The number of rotatable bonds is 5. The minimum atomic E-state index is -0.855. The van der Waals surface area contributed by atoms with Crippen molar-refractivity contribution in [3.63, 3.8) is 0 Å². The van der Waals surface area contributed by atoms with Crippen molar-refractivity contribution in [3.05, 3.63) is 35.4 Å². The number of hydrogen-bond acceptors (Lipinski definition) is 2. The molecule has 0 radical (unpaired) electrons. The second-order valence-electron chi connectivity index (χ2n) is 5.26. The maximum absolute atomic E-state index is 11.9. The highest BCUT2D eigenvalue weighted by Gasteiger charge is 2.24. The number of carbonyl (C=O) groups is 2. The number of carbonyl (C=O) groups excluding carboxylic acids is 1. The number of amides is 1. The molecule has 1 aromatic rings. The van der Waals surface area contributed by atoms with Crippen molar-refractivity contribution in [1.29, 1.82) is 0 Å². The van der Waals surface area contributed by atoms with E-state index in [1.807, 2.05) is 18.2 Å². The van der Waals surface area contributed by atoms with Crippen LogP contribution in [0.4, 0.5) is 0 Å². The van der Waals surface area contributed by atoms with Gasteiger partial charge in [-0.1, -0.05) is 31.2 Å². The highest BCUT2D eigenvalue weighted by atomic mass is 16.4. The van der Waals surface area contributed by atoms with E-state index in [0.717, 1.165) is 12.8 Å². The van der Waals surface area contributed by atoms with Gasteiger partial charge in [-0.2, -0.15) is 0 Å². The number of aryl methyl sites for hydroxylation is 1. The molecule has 1 aliphatic rings. The topological polar surface area (TPSA) is 66.4 Å². The van der Waals surface area contributed by atoms with Gasteiger partial charge < -0.3 is 10.4 Å². The quantitative estimate of drug-likeness (QED) is 0.854. The summed E-state index contributed by atoms with van der Waals surface area (Å²) in [6, 6.07) is 8.22. The fraction of sp³-hybridized carbons (Fsp3) is 0.467. The van der Waals surface area contributed by atoms with Crippen molar-refractivity contribution in [2.45, 2.75) is 38.6 Å². The first-order valence-electron chi connectivity index (χ1n) is 6.65. The Bertz CT molecular complexity index is 484. The van der Waals surface area contributed by atoms with Crippen molar-refractivity contribution in [1.82, 2.24) is 5.32 Å². The van der Waals surface area contributed by atoms with E-state index in [9.17, 15) is 9.59 Å². The molecule has 4 nitrogen and oxygen atoms in total. The SMILES string of the molecule is CC(CC(=O)O)CC(=O)NC1CCc2ccccc21. The molecule has 0 bridgehead atoms. The number of carboxylic acid groups (broad SMARTS) is 1. The first kappa shape index (κ1) is 13.6. The molecular weight excluding hydrogens is 242 g/mol. The second kappa shape index (κ2) is 5.87. The van der Waals surface area contributed by atoms with Crippen LogP contribution in [0.25, 0.3) is 0 Å². The van der Waals surface area contributed by atoms with Gasteiger partial charge in [0, 0.05) is 12.8 Å². The standard InChI is InChI=1S/C15H19NO3/c1-10(9-15(18)19)8-14(17)16-13-7-6-11-4-2-3-5-12(11)13/h2-5,10,13H,6-9H2,1H3,(H,16,17)(H,18,19). The molecule has 0 aliphatic heterocycles. The van der Waals surface area contributed by atoms with Gasteiger partial charge in [0.2, 0.25) is 5.91 Å². The van der Waals surface area contributed by atoms with Crippen LogP contribution in [0.5, 0.6) is 0 Å². The fourth-order valence-corrected chi connectivity index (χ4v) is 2.65. The highest BCUT2D eigenvalue weighted by Crippen LogP contribution is 2.30. The molecule has 0 fully saturated rings. The normalized spacial score (nSPS) is 18.7. The number of aliphatic carboxylic acids is 1. The molecule has 1 aromatic carbocycles. The van der Waals surface area contributed by atoms with E-state index in [-0.39, 0.29) is 30.7 Å². The predicted octanol–water partition coefficient (Wildman–Crippen LogP) is 2.29. The molecule has 102 valence electrons. The lowest BCUT2D eigenvalue weighted by Crippen LogP contribution is -2.28. The van der Waals surface area contributed by atoms with Gasteiger partial charge in [0.05, 0.1) is 6.04 Å². The van der Waals surface area contributed by atoms with Gasteiger partial charge in [0.25, 0.3) is 0 Å². The molecule has 0 spiro atoms. The lowest BCUT2D eigenvalue weighted by atomic mass is 10.0. The fourth-order valence-electron chi connectivity index (χ4n) is 2.65. The first-order chi connectivity index (χ1) is 9.06. The van der Waals surface area contributed by atoms with Crippen molar-refractivity contribution in [3.8, 4) is 0 Å². The molecular formula is C15H19NO3. The lowest BCUT2D eigenvalue weighted by Gasteiger charge is -2.15. The Morgan fingerprint density at radius 3 is 2.84 bits per heavy atom. The van der Waals surface area contributed by atoms with Crippen LogP contribution in [0.3, 0.4) is 0 Å². The number of fused-ring (bicyclic) bond motifs is 1. The first-order valence-corrected chi connectivity index (χ1v) is 6.65. The van der Waals surface area contributed by atoms with Gasteiger partial charge in [0.15, 0.2) is 0 Å². The second-order valence-corrected chi connectivity index (χ2v) is 5.26. The van der Waals surface area contributed by atoms with Crippen molar-refractivity contribution in [2.75, 3.05) is 0 Å². The molecule has 0 saturated carbocycles. The number of carboxylic acids is 1. The Kier molecular flexibility index (Phi) is 4.20. The van der Waals surface area contributed by atoms with Crippen LogP contribution in [-0.4, -0.2) is 17.0 Å². The van der Waals surface area contributed by atoms with Crippen LogP contribution >= 0.6 is 0 Å². The van der Waals surface area contributed by atoms with Crippen LogP contribution in [0.2, 0.25) is 0 Å². The van der Waals surface area contributed by atoms with E-state index < -0.39 is 5.97 Å². The van der Waals surface area contributed by atoms with Crippen LogP contribution in [0, 0.1) is 5.92 Å². The molecule has 2 N–H and O–H groups in total. The summed E-state index contributed by atoms with van der Waals surface area (Å²) >= 11 is 0. The Labute approximate surface area is 112 Å². The molecule has 2 atom stereocenters. The average molecular weight is 261 g/mol. The summed E-state index contributed by atoms with van der Waals surface area (Å²) in [6.07, 6.45) is 2.23. The third-order valence-electron chi connectivity index (χ3n) is 3.53. The van der Waals surface area contributed by atoms with E-state index in [4.69, 9.17) is 5.11 Å². The van der Waals surface area contributed by atoms with Crippen LogP contribution in [0.15, 0.2) is 24.3 Å². The van der Waals surface area contributed by atoms with Gasteiger partial charge in [-0.15, -0.1) is 0 Å². The third-order valence-corrected chi connectivity index (χ3v) is 3.53. The van der Waals surface area contributed by atoms with Gasteiger partial charge in [-0.05, 0) is 29.9 Å². The molecule has 0 saturated heterocycles. The summed E-state index contributed by atoms with van der Waals surface area (Å²) in [5.41, 5.74) is 2.49. The summed E-state index contributed by atoms with van der Waals surface area (Å²) in [7, 11) is 0. The average Bonchev–Trinajstić information content (AvgIpc) is 2.71. The van der Waals surface area contributed by atoms with E-state index in [2.05, 4.69) is 11.4 Å². The van der Waals surface area contributed by atoms with Gasteiger partial charge in [0.1, 0.15) is 0 Å². The minimum absolute atomic E-state index is 0.0364. The van der Waals surface area contributed by atoms with E-state index in [1.54, 1.807) is 6.92 Å². The lowest BCUT2D eigenvalue weighted by molar-refractivity contribution is -0.138. The van der Waals surface area contributed by atoms with Gasteiger partial charge in [-0.3, -0.25) is 9.59 Å². The van der Waals surface area contributed by atoms with Gasteiger partial charge in [-0.25, -0.2) is 0 Å². The maximum Gasteiger partial charge on any atom is 0.303 e. The van der Waals surface area contributed by atoms with Crippen molar-refractivity contribution >= 4 is 11.9 Å². The maximum atomic E-state index is 11.9. The molecule has 0 heterocycles. The van der Waals surface area contributed by atoms with E-state index >= 15 is 0 Å². The summed E-state index contributed by atoms with van der Waals surface area (Å²) < 4.78 is 0. The summed E-state index contributed by atoms with van der Waals surface area (Å²) in [6.45, 7) is 1.79. The number of nitrogens with one attached hydrogen (secondary N) is 1. The molecule has 2 unspecified atom stereocenters. The zero-order valence-corrected chi connectivity index (χ0v) is 11.1. The zero-order valence-electron chi connectivity index (χ0n) is 11.1. The van der Waals surface area contributed by atoms with Crippen LogP contribution in [0.1, 0.15) is 43.4 Å². The molecule has 19 heavy (non-hydrogen) atoms. The Balaban J connectivity index is 1.89. The summed E-state index contributed by atoms with van der Waals surface area (Å²) in [5.74, 6) is -1.05. The molecule has 1 aliphatic carbocycles. The Morgan fingerprint density at radius 1 is 1.37 bits per heavy atom. The molecule has 2 rings (SSSR count).